The lowest BCUT2D eigenvalue weighted by Crippen LogP contribution is -2.40. The number of halogens is 1. The van der Waals surface area contributed by atoms with Gasteiger partial charge in [-0.3, -0.25) is 9.78 Å². The van der Waals surface area contributed by atoms with E-state index in [0.29, 0.717) is 0 Å². The normalized spacial score (nSPS) is 15.7. The number of hydrogen-bond donors (Lipinski definition) is 0. The average Bonchev–Trinajstić information content (AvgIpc) is 3.00. The number of rotatable bonds is 3. The van der Waals surface area contributed by atoms with Gasteiger partial charge in [0, 0.05) is 45.5 Å². The summed E-state index contributed by atoms with van der Waals surface area (Å²) in [7, 11) is 3.65. The standard InChI is InChI=1S/C16H20BrN5O/c1-20(2)16(23)12-4-7-21(8-5-12)15-10-18-6-3-14(15)22-11-13(17)9-19-22/h3,6,9-12H,4-5,7-8H2,1-2H3. The number of nitrogens with zero attached hydrogens (tertiary/aromatic N) is 5. The number of carbonyl (C=O) groups is 1. The lowest BCUT2D eigenvalue weighted by molar-refractivity contribution is -0.133. The second kappa shape index (κ2) is 6.70. The predicted octanol–water partition coefficient (Wildman–Crippen LogP) is 2.33. The first kappa shape index (κ1) is 16.0. The maximum absolute atomic E-state index is 12.1. The van der Waals surface area contributed by atoms with E-state index < -0.39 is 0 Å². The molecule has 3 heterocycles. The highest BCUT2D eigenvalue weighted by molar-refractivity contribution is 9.10. The van der Waals surface area contributed by atoms with Gasteiger partial charge in [0.2, 0.25) is 5.91 Å². The van der Waals surface area contributed by atoms with Crippen LogP contribution in [0, 0.1) is 5.92 Å². The van der Waals surface area contributed by atoms with E-state index in [0.717, 1.165) is 41.8 Å². The zero-order valence-electron chi connectivity index (χ0n) is 13.3. The SMILES string of the molecule is CN(C)C(=O)C1CCN(c2cnccc2-n2cc(Br)cn2)CC1. The Balaban J connectivity index is 1.78. The predicted molar refractivity (Wildman–Crippen MR) is 92.7 cm³/mol. The average molecular weight is 378 g/mol. The molecule has 1 aliphatic rings. The van der Waals surface area contributed by atoms with Crippen molar-refractivity contribution in [1.82, 2.24) is 19.7 Å². The minimum Gasteiger partial charge on any atom is -0.368 e. The third kappa shape index (κ3) is 3.39. The van der Waals surface area contributed by atoms with Crippen LogP contribution in [0.3, 0.4) is 0 Å². The van der Waals surface area contributed by atoms with Gasteiger partial charge in [-0.2, -0.15) is 5.10 Å². The lowest BCUT2D eigenvalue weighted by atomic mass is 9.95. The highest BCUT2D eigenvalue weighted by Crippen LogP contribution is 2.28. The molecule has 0 unspecified atom stereocenters. The number of anilines is 1. The van der Waals surface area contributed by atoms with E-state index in [2.05, 4.69) is 30.9 Å². The first-order chi connectivity index (χ1) is 11.1. The first-order valence-corrected chi connectivity index (χ1v) is 8.46. The molecule has 0 N–H and O–H groups in total. The smallest absolute Gasteiger partial charge is 0.225 e. The summed E-state index contributed by atoms with van der Waals surface area (Å²) in [5.74, 6) is 0.354. The molecule has 0 spiro atoms. The molecule has 3 rings (SSSR count). The zero-order chi connectivity index (χ0) is 16.4. The van der Waals surface area contributed by atoms with Gasteiger partial charge < -0.3 is 9.80 Å². The zero-order valence-corrected chi connectivity index (χ0v) is 14.9. The third-order valence-corrected chi connectivity index (χ3v) is 4.61. The topological polar surface area (TPSA) is 54.3 Å². The fourth-order valence-electron chi connectivity index (χ4n) is 2.98. The van der Waals surface area contributed by atoms with Crippen molar-refractivity contribution in [1.29, 1.82) is 0 Å². The number of pyridine rings is 1. The summed E-state index contributed by atoms with van der Waals surface area (Å²) in [4.78, 5) is 20.4. The van der Waals surface area contributed by atoms with Gasteiger partial charge in [0.05, 0.1) is 28.2 Å². The molecule has 7 heteroatoms. The van der Waals surface area contributed by atoms with Crippen molar-refractivity contribution in [3.8, 4) is 5.69 Å². The van der Waals surface area contributed by atoms with Crippen molar-refractivity contribution in [3.63, 3.8) is 0 Å². The summed E-state index contributed by atoms with van der Waals surface area (Å²) >= 11 is 3.43. The second-order valence-corrected chi connectivity index (χ2v) is 6.88. The fraction of sp³-hybridized carbons (Fsp3) is 0.438. The molecule has 0 atom stereocenters. The molecule has 1 aliphatic heterocycles. The third-order valence-electron chi connectivity index (χ3n) is 4.20. The van der Waals surface area contributed by atoms with Crippen LogP contribution in [0.15, 0.2) is 35.3 Å². The molecule has 1 fully saturated rings. The highest BCUT2D eigenvalue weighted by Gasteiger charge is 2.27. The molecule has 23 heavy (non-hydrogen) atoms. The van der Waals surface area contributed by atoms with E-state index in [1.54, 1.807) is 17.3 Å². The van der Waals surface area contributed by atoms with Crippen molar-refractivity contribution in [2.24, 2.45) is 5.92 Å². The van der Waals surface area contributed by atoms with Crippen LogP contribution in [0.25, 0.3) is 5.69 Å². The van der Waals surface area contributed by atoms with Crippen LogP contribution in [0.2, 0.25) is 0 Å². The van der Waals surface area contributed by atoms with Gasteiger partial charge in [0.25, 0.3) is 0 Å². The molecule has 0 bridgehead atoms. The molecule has 6 nitrogen and oxygen atoms in total. The van der Waals surface area contributed by atoms with Crippen LogP contribution in [0.4, 0.5) is 5.69 Å². The Hall–Kier alpha value is -1.89. The van der Waals surface area contributed by atoms with E-state index in [9.17, 15) is 4.79 Å². The van der Waals surface area contributed by atoms with Crippen LogP contribution in [-0.4, -0.2) is 52.8 Å². The van der Waals surface area contributed by atoms with Gasteiger partial charge >= 0.3 is 0 Å². The van der Waals surface area contributed by atoms with Crippen LogP contribution >= 0.6 is 15.9 Å². The van der Waals surface area contributed by atoms with E-state index in [-0.39, 0.29) is 11.8 Å². The van der Waals surface area contributed by atoms with Crippen molar-refractivity contribution in [2.45, 2.75) is 12.8 Å². The van der Waals surface area contributed by atoms with E-state index in [1.807, 2.05) is 37.2 Å². The van der Waals surface area contributed by atoms with Crippen LogP contribution in [-0.2, 0) is 4.79 Å². The first-order valence-electron chi connectivity index (χ1n) is 7.67. The molecule has 1 amide bonds. The van der Waals surface area contributed by atoms with Crippen molar-refractivity contribution in [2.75, 3.05) is 32.1 Å². The Kier molecular flexibility index (Phi) is 4.66. The Labute approximate surface area is 144 Å². The molecule has 2 aromatic heterocycles. The maximum atomic E-state index is 12.1. The van der Waals surface area contributed by atoms with Gasteiger partial charge in [0.15, 0.2) is 0 Å². The van der Waals surface area contributed by atoms with E-state index in [4.69, 9.17) is 0 Å². The van der Waals surface area contributed by atoms with Gasteiger partial charge in [-0.1, -0.05) is 0 Å². The summed E-state index contributed by atoms with van der Waals surface area (Å²) in [5, 5.41) is 4.36. The number of piperidine rings is 1. The van der Waals surface area contributed by atoms with E-state index >= 15 is 0 Å². The maximum Gasteiger partial charge on any atom is 0.225 e. The van der Waals surface area contributed by atoms with Gasteiger partial charge in [-0.05, 0) is 34.8 Å². The molecule has 0 aromatic carbocycles. The van der Waals surface area contributed by atoms with Gasteiger partial charge in [-0.25, -0.2) is 4.68 Å². The quantitative estimate of drug-likeness (QED) is 0.823. The molecule has 0 saturated carbocycles. The van der Waals surface area contributed by atoms with Crippen molar-refractivity contribution in [3.05, 3.63) is 35.3 Å². The summed E-state index contributed by atoms with van der Waals surface area (Å²) in [5.41, 5.74) is 2.06. The van der Waals surface area contributed by atoms with Gasteiger partial charge in [0.1, 0.15) is 0 Å². The van der Waals surface area contributed by atoms with Crippen LogP contribution in [0.1, 0.15) is 12.8 Å². The molecular weight excluding hydrogens is 358 g/mol. The minimum absolute atomic E-state index is 0.125. The number of carbonyl (C=O) groups excluding carboxylic acids is 1. The van der Waals surface area contributed by atoms with Crippen LogP contribution < -0.4 is 4.90 Å². The van der Waals surface area contributed by atoms with Crippen molar-refractivity contribution >= 4 is 27.5 Å². The molecule has 0 radical (unpaired) electrons. The minimum atomic E-state index is 0.125. The highest BCUT2D eigenvalue weighted by atomic mass is 79.9. The molecule has 0 aliphatic carbocycles. The summed E-state index contributed by atoms with van der Waals surface area (Å²) in [6, 6.07) is 1.96. The number of amides is 1. The number of aromatic nitrogens is 3. The van der Waals surface area contributed by atoms with Crippen molar-refractivity contribution < 1.29 is 4.79 Å². The molecule has 1 saturated heterocycles. The Morgan fingerprint density at radius 1 is 1.26 bits per heavy atom. The molecule has 2 aromatic rings. The number of hydrogen-bond acceptors (Lipinski definition) is 4. The summed E-state index contributed by atoms with van der Waals surface area (Å²) < 4.78 is 2.79. The second-order valence-electron chi connectivity index (χ2n) is 5.96. The summed E-state index contributed by atoms with van der Waals surface area (Å²) in [6.45, 7) is 1.71. The summed E-state index contributed by atoms with van der Waals surface area (Å²) in [6.07, 6.45) is 9.09. The molecule has 122 valence electrons. The van der Waals surface area contributed by atoms with E-state index in [1.165, 1.54) is 0 Å². The van der Waals surface area contributed by atoms with Crippen LogP contribution in [0.5, 0.6) is 0 Å². The Bertz CT molecular complexity index is 691. The fourth-order valence-corrected chi connectivity index (χ4v) is 3.27. The Morgan fingerprint density at radius 2 is 2.00 bits per heavy atom. The largest absolute Gasteiger partial charge is 0.368 e. The monoisotopic (exact) mass is 377 g/mol. The lowest BCUT2D eigenvalue weighted by Gasteiger charge is -2.34. The van der Waals surface area contributed by atoms with Gasteiger partial charge in [-0.15, -0.1) is 0 Å². The molecular formula is C16H20BrN5O. The Morgan fingerprint density at radius 3 is 2.61 bits per heavy atom.